The van der Waals surface area contributed by atoms with Gasteiger partial charge in [-0.25, -0.2) is 8.42 Å². The van der Waals surface area contributed by atoms with E-state index in [1.165, 1.54) is 0 Å². The quantitative estimate of drug-likeness (QED) is 0.857. The lowest BCUT2D eigenvalue weighted by Gasteiger charge is -2.21. The molecule has 1 N–H and O–H groups in total. The molecule has 1 aromatic carbocycles. The molecule has 2 rings (SSSR count). The first-order chi connectivity index (χ1) is 8.12. The molecule has 0 unspecified atom stereocenters. The summed E-state index contributed by atoms with van der Waals surface area (Å²) < 4.78 is 25.5. The fraction of sp³-hybridized carbons (Fsp3) is 0.455. The van der Waals surface area contributed by atoms with Crippen LogP contribution in [0.25, 0.3) is 0 Å². The lowest BCUT2D eigenvalue weighted by atomic mass is 10.2. The van der Waals surface area contributed by atoms with Crippen LogP contribution >= 0.6 is 11.6 Å². The Balaban J connectivity index is 2.27. The predicted molar refractivity (Wildman–Crippen MR) is 71.2 cm³/mol. The van der Waals surface area contributed by atoms with Gasteiger partial charge in [0.1, 0.15) is 5.21 Å². The number of alkyl halides is 1. The summed E-state index contributed by atoms with van der Waals surface area (Å²) in [7, 11) is -3.44. The van der Waals surface area contributed by atoms with E-state index in [9.17, 15) is 8.42 Å². The fourth-order valence-corrected chi connectivity index (χ4v) is 2.71. The normalized spacial score (nSPS) is 16.2. The number of para-hydroxylation sites is 2. The third kappa shape index (κ3) is 3.04. The maximum atomic E-state index is 11.5. The Kier molecular flexibility index (Phi) is 3.79. The minimum absolute atomic E-state index is 0.429. The first-order valence-electron chi connectivity index (χ1n) is 5.53. The number of sulfonamides is 1. The number of hydrogen-bond donors (Lipinski definition) is 1. The van der Waals surface area contributed by atoms with Gasteiger partial charge in [0.15, 0.2) is 0 Å². The fourth-order valence-electron chi connectivity index (χ4n) is 1.99. The molecule has 94 valence electrons. The Bertz CT molecular complexity index is 484. The van der Waals surface area contributed by atoms with Crippen LogP contribution in [0, 0.1) is 0 Å². The van der Waals surface area contributed by atoms with Crippen molar-refractivity contribution in [1.82, 2.24) is 0 Å². The van der Waals surface area contributed by atoms with Crippen LogP contribution < -0.4 is 9.62 Å². The minimum Gasteiger partial charge on any atom is -0.370 e. The van der Waals surface area contributed by atoms with Crippen molar-refractivity contribution in [3.63, 3.8) is 0 Å². The van der Waals surface area contributed by atoms with Gasteiger partial charge in [0.2, 0.25) is 10.0 Å². The Morgan fingerprint density at radius 3 is 2.53 bits per heavy atom. The van der Waals surface area contributed by atoms with E-state index in [4.69, 9.17) is 11.6 Å². The zero-order valence-electron chi connectivity index (χ0n) is 9.39. The molecule has 1 fully saturated rings. The zero-order valence-corrected chi connectivity index (χ0v) is 11.0. The highest BCUT2D eigenvalue weighted by atomic mass is 35.5. The molecule has 1 aromatic rings. The van der Waals surface area contributed by atoms with Crippen LogP contribution in [0.3, 0.4) is 0 Å². The topological polar surface area (TPSA) is 49.4 Å². The molecule has 0 radical (unpaired) electrons. The Morgan fingerprint density at radius 2 is 1.88 bits per heavy atom. The van der Waals surface area contributed by atoms with Crippen LogP contribution in [0.5, 0.6) is 0 Å². The second-order valence-electron chi connectivity index (χ2n) is 4.04. The molecule has 0 amide bonds. The number of halogens is 1. The highest BCUT2D eigenvalue weighted by Crippen LogP contribution is 2.29. The summed E-state index contributed by atoms with van der Waals surface area (Å²) in [5.74, 6) is 0. The molecular formula is C11H15ClN2O2S. The van der Waals surface area contributed by atoms with Gasteiger partial charge in [-0.1, -0.05) is 12.1 Å². The van der Waals surface area contributed by atoms with Gasteiger partial charge >= 0.3 is 0 Å². The van der Waals surface area contributed by atoms with Crippen LogP contribution in [-0.2, 0) is 10.0 Å². The van der Waals surface area contributed by atoms with Crippen LogP contribution in [0.15, 0.2) is 24.3 Å². The molecule has 0 spiro atoms. The van der Waals surface area contributed by atoms with Gasteiger partial charge < -0.3 is 4.90 Å². The molecule has 0 bridgehead atoms. The predicted octanol–water partition coefficient (Wildman–Crippen LogP) is 2.22. The average Bonchev–Trinajstić information content (AvgIpc) is 2.83. The van der Waals surface area contributed by atoms with Crippen molar-refractivity contribution in [3.8, 4) is 0 Å². The summed E-state index contributed by atoms with van der Waals surface area (Å²) in [5.41, 5.74) is 1.54. The summed E-state index contributed by atoms with van der Waals surface area (Å²) >= 11 is 5.39. The van der Waals surface area contributed by atoms with E-state index in [1.54, 1.807) is 6.07 Å². The van der Waals surface area contributed by atoms with E-state index in [2.05, 4.69) is 9.62 Å². The number of benzene rings is 1. The number of nitrogens with one attached hydrogen (secondary N) is 1. The van der Waals surface area contributed by atoms with Crippen molar-refractivity contribution in [2.75, 3.05) is 27.9 Å². The summed E-state index contributed by atoms with van der Waals surface area (Å²) in [6.45, 7) is 1.94. The average molecular weight is 275 g/mol. The third-order valence-corrected chi connectivity index (χ3v) is 4.44. The SMILES string of the molecule is O=S(=O)(CCl)Nc1ccccc1N1CCCC1. The standard InChI is InChI=1S/C11H15ClN2O2S/c12-9-17(15,16)13-10-5-1-2-6-11(10)14-7-3-4-8-14/h1-2,5-6,13H,3-4,7-9H2. The van der Waals surface area contributed by atoms with Gasteiger partial charge in [0.05, 0.1) is 11.4 Å². The molecule has 0 saturated carbocycles. The maximum Gasteiger partial charge on any atom is 0.246 e. The lowest BCUT2D eigenvalue weighted by molar-refractivity contribution is 0.605. The van der Waals surface area contributed by atoms with Crippen LogP contribution in [0.1, 0.15) is 12.8 Å². The van der Waals surface area contributed by atoms with Gasteiger partial charge in [-0.3, -0.25) is 4.72 Å². The largest absolute Gasteiger partial charge is 0.370 e. The minimum atomic E-state index is -3.44. The Hall–Kier alpha value is -0.940. The van der Waals surface area contributed by atoms with Gasteiger partial charge in [-0.05, 0) is 25.0 Å². The number of rotatable bonds is 4. The Morgan fingerprint density at radius 1 is 1.24 bits per heavy atom. The number of nitrogens with zero attached hydrogens (tertiary/aromatic N) is 1. The maximum absolute atomic E-state index is 11.5. The molecule has 6 heteroatoms. The highest BCUT2D eigenvalue weighted by molar-refractivity contribution is 7.93. The van der Waals surface area contributed by atoms with Crippen molar-refractivity contribution in [3.05, 3.63) is 24.3 Å². The molecule has 0 aromatic heterocycles. The molecular weight excluding hydrogens is 260 g/mol. The molecule has 1 heterocycles. The molecule has 1 aliphatic rings. The van der Waals surface area contributed by atoms with Gasteiger partial charge in [-0.2, -0.15) is 0 Å². The Labute approximate surface area is 107 Å². The summed E-state index contributed by atoms with van der Waals surface area (Å²) in [6.07, 6.45) is 2.30. The molecule has 4 nitrogen and oxygen atoms in total. The van der Waals surface area contributed by atoms with Crippen molar-refractivity contribution in [2.45, 2.75) is 12.8 Å². The second-order valence-corrected chi connectivity index (χ2v) is 6.34. The van der Waals surface area contributed by atoms with E-state index in [-0.39, 0.29) is 0 Å². The zero-order chi connectivity index (χ0) is 12.3. The van der Waals surface area contributed by atoms with E-state index < -0.39 is 15.2 Å². The molecule has 0 atom stereocenters. The number of anilines is 2. The first-order valence-corrected chi connectivity index (χ1v) is 7.71. The van der Waals surface area contributed by atoms with Crippen LogP contribution in [0.4, 0.5) is 11.4 Å². The van der Waals surface area contributed by atoms with Crippen LogP contribution in [0.2, 0.25) is 0 Å². The molecule has 0 aliphatic carbocycles. The van der Waals surface area contributed by atoms with Crippen LogP contribution in [-0.4, -0.2) is 26.7 Å². The van der Waals surface area contributed by atoms with Crippen molar-refractivity contribution in [2.24, 2.45) is 0 Å². The summed E-state index contributed by atoms with van der Waals surface area (Å²) in [6, 6.07) is 7.41. The molecule has 1 saturated heterocycles. The van der Waals surface area contributed by atoms with Gasteiger partial charge in [0.25, 0.3) is 0 Å². The summed E-state index contributed by atoms with van der Waals surface area (Å²) in [5, 5.41) is -0.429. The summed E-state index contributed by atoms with van der Waals surface area (Å²) in [4.78, 5) is 2.19. The first kappa shape index (κ1) is 12.5. The van der Waals surface area contributed by atoms with Crippen molar-refractivity contribution < 1.29 is 8.42 Å². The van der Waals surface area contributed by atoms with E-state index >= 15 is 0 Å². The van der Waals surface area contributed by atoms with Gasteiger partial charge in [0, 0.05) is 13.1 Å². The second kappa shape index (κ2) is 5.14. The van der Waals surface area contributed by atoms with E-state index in [1.807, 2.05) is 18.2 Å². The molecule has 17 heavy (non-hydrogen) atoms. The number of hydrogen-bond acceptors (Lipinski definition) is 3. The van der Waals surface area contributed by atoms with Gasteiger partial charge in [-0.15, -0.1) is 11.6 Å². The van der Waals surface area contributed by atoms with E-state index in [0.717, 1.165) is 31.6 Å². The smallest absolute Gasteiger partial charge is 0.246 e. The molecule has 1 aliphatic heterocycles. The highest BCUT2D eigenvalue weighted by Gasteiger charge is 2.17. The third-order valence-electron chi connectivity index (χ3n) is 2.76. The lowest BCUT2D eigenvalue weighted by Crippen LogP contribution is -2.21. The van der Waals surface area contributed by atoms with Crippen molar-refractivity contribution in [1.29, 1.82) is 0 Å². The van der Waals surface area contributed by atoms with Crippen molar-refractivity contribution >= 4 is 33.0 Å². The monoisotopic (exact) mass is 274 g/mol. The van der Waals surface area contributed by atoms with E-state index in [0.29, 0.717) is 5.69 Å².